The lowest BCUT2D eigenvalue weighted by atomic mass is 10.2. The average Bonchev–Trinajstić information content (AvgIpc) is 3.09. The fourth-order valence-electron chi connectivity index (χ4n) is 2.67. The van der Waals surface area contributed by atoms with Crippen LogP contribution in [-0.4, -0.2) is 34.4 Å². The van der Waals surface area contributed by atoms with Crippen LogP contribution in [0.4, 0.5) is 5.69 Å². The van der Waals surface area contributed by atoms with Crippen molar-refractivity contribution in [2.45, 2.75) is 19.4 Å². The second-order valence-corrected chi connectivity index (χ2v) is 6.75. The van der Waals surface area contributed by atoms with Crippen LogP contribution >= 0.6 is 11.8 Å². The number of benzene rings is 2. The van der Waals surface area contributed by atoms with Crippen molar-refractivity contribution in [1.82, 2.24) is 4.90 Å². The molecule has 0 spiro atoms. The highest BCUT2D eigenvalue weighted by Crippen LogP contribution is 2.29. The molecule has 1 atom stereocenters. The van der Waals surface area contributed by atoms with Gasteiger partial charge in [0.05, 0.1) is 11.3 Å². The zero-order valence-electron chi connectivity index (χ0n) is 14.5. The molecule has 0 radical (unpaired) electrons. The monoisotopic (exact) mass is 365 g/mol. The number of hydrogen-bond donors (Lipinski definition) is 0. The summed E-state index contributed by atoms with van der Waals surface area (Å²) in [6.07, 6.45) is 0.849. The van der Waals surface area contributed by atoms with Gasteiger partial charge >= 0.3 is 0 Å². The van der Waals surface area contributed by atoms with Crippen molar-refractivity contribution < 1.29 is 9.53 Å². The average molecular weight is 365 g/mol. The van der Waals surface area contributed by atoms with Crippen LogP contribution in [0, 0.1) is 11.3 Å². The number of para-hydroxylation sites is 2. The smallest absolute Gasteiger partial charge is 0.266 e. The van der Waals surface area contributed by atoms with Crippen LogP contribution in [-0.2, 0) is 4.79 Å². The van der Waals surface area contributed by atoms with Gasteiger partial charge in [-0.05, 0) is 30.7 Å². The number of nitriles is 1. The van der Waals surface area contributed by atoms with Gasteiger partial charge < -0.3 is 4.74 Å². The number of nitrogens with zero attached hydrogens (tertiary/aromatic N) is 3. The maximum atomic E-state index is 12.8. The third-order valence-corrected chi connectivity index (χ3v) is 5.15. The fourth-order valence-corrected chi connectivity index (χ4v) is 3.96. The molecule has 0 aromatic heterocycles. The van der Waals surface area contributed by atoms with E-state index in [1.54, 1.807) is 40.9 Å². The Kier molecular flexibility index (Phi) is 5.92. The molecule has 0 N–H and O–H groups in total. The molecule has 132 valence electrons. The standard InChI is InChI=1S/C20H19N3O2S/c1-2-17-14-26-20(22-16-9-4-3-5-10-16)23(17)19(24)13-25-18-11-7-6-8-15(18)12-21/h3-11,17H,2,13-14H2,1H3/t17-/m1/s1. The quantitative estimate of drug-likeness (QED) is 0.804. The Balaban J connectivity index is 1.76. The molecule has 26 heavy (non-hydrogen) atoms. The fraction of sp³-hybridized carbons (Fsp3) is 0.250. The van der Waals surface area contributed by atoms with Gasteiger partial charge in [0, 0.05) is 11.8 Å². The summed E-state index contributed by atoms with van der Waals surface area (Å²) in [7, 11) is 0. The van der Waals surface area contributed by atoms with Crippen LogP contribution in [0.2, 0.25) is 0 Å². The number of thioether (sulfide) groups is 1. The van der Waals surface area contributed by atoms with E-state index in [9.17, 15) is 4.79 Å². The normalized spacial score (nSPS) is 17.9. The van der Waals surface area contributed by atoms with Crippen molar-refractivity contribution in [3.05, 3.63) is 60.2 Å². The van der Waals surface area contributed by atoms with Gasteiger partial charge in [-0.3, -0.25) is 9.69 Å². The molecule has 5 nitrogen and oxygen atoms in total. The minimum Gasteiger partial charge on any atom is -0.482 e. The summed E-state index contributed by atoms with van der Waals surface area (Å²) in [5, 5.41) is 9.83. The number of carbonyl (C=O) groups excluding carboxylic acids is 1. The predicted molar refractivity (Wildman–Crippen MR) is 104 cm³/mol. The zero-order chi connectivity index (χ0) is 18.4. The number of amidine groups is 1. The number of hydrogen-bond acceptors (Lipinski definition) is 5. The van der Waals surface area contributed by atoms with Crippen LogP contribution in [0.25, 0.3) is 0 Å². The highest BCUT2D eigenvalue weighted by molar-refractivity contribution is 8.14. The first-order valence-corrected chi connectivity index (χ1v) is 9.42. The summed E-state index contributed by atoms with van der Waals surface area (Å²) < 4.78 is 5.62. The molecule has 0 saturated carbocycles. The van der Waals surface area contributed by atoms with E-state index >= 15 is 0 Å². The van der Waals surface area contributed by atoms with Gasteiger partial charge in [0.15, 0.2) is 11.8 Å². The SMILES string of the molecule is CC[C@@H]1CSC(=Nc2ccccc2)N1C(=O)COc1ccccc1C#N. The van der Waals surface area contributed by atoms with E-state index in [-0.39, 0.29) is 18.6 Å². The third-order valence-electron chi connectivity index (χ3n) is 4.06. The van der Waals surface area contributed by atoms with Crippen molar-refractivity contribution in [3.63, 3.8) is 0 Å². The molecule has 0 unspecified atom stereocenters. The van der Waals surface area contributed by atoms with E-state index in [0.717, 1.165) is 17.9 Å². The summed E-state index contributed by atoms with van der Waals surface area (Å²) >= 11 is 1.58. The van der Waals surface area contributed by atoms with Crippen molar-refractivity contribution >= 4 is 28.5 Å². The Hall–Kier alpha value is -2.78. The first-order valence-electron chi connectivity index (χ1n) is 8.43. The van der Waals surface area contributed by atoms with E-state index in [1.165, 1.54) is 0 Å². The molecule has 3 rings (SSSR count). The van der Waals surface area contributed by atoms with Crippen molar-refractivity contribution in [2.24, 2.45) is 4.99 Å². The molecule has 0 bridgehead atoms. The molecule has 1 heterocycles. The van der Waals surface area contributed by atoms with Gasteiger partial charge in [-0.25, -0.2) is 4.99 Å². The first kappa shape index (κ1) is 18.0. The largest absolute Gasteiger partial charge is 0.482 e. The molecular weight excluding hydrogens is 346 g/mol. The summed E-state index contributed by atoms with van der Waals surface area (Å²) in [6.45, 7) is 1.94. The minimum atomic E-state index is -0.149. The van der Waals surface area contributed by atoms with Crippen LogP contribution < -0.4 is 4.74 Å². The molecule has 2 aromatic rings. The number of carbonyl (C=O) groups is 1. The summed E-state index contributed by atoms with van der Waals surface area (Å²) in [6, 6.07) is 18.7. The second-order valence-electron chi connectivity index (χ2n) is 5.76. The summed E-state index contributed by atoms with van der Waals surface area (Å²) in [5.74, 6) is 1.09. The third kappa shape index (κ3) is 4.06. The van der Waals surface area contributed by atoms with Gasteiger partial charge in [0.25, 0.3) is 5.91 Å². The predicted octanol–water partition coefficient (Wildman–Crippen LogP) is 3.98. The topological polar surface area (TPSA) is 65.7 Å². The first-order chi connectivity index (χ1) is 12.7. The lowest BCUT2D eigenvalue weighted by molar-refractivity contribution is -0.130. The van der Waals surface area contributed by atoms with Gasteiger partial charge in [0.2, 0.25) is 0 Å². The molecule has 1 aliphatic rings. The molecule has 0 aliphatic carbocycles. The highest BCUT2D eigenvalue weighted by Gasteiger charge is 2.34. The van der Waals surface area contributed by atoms with E-state index in [2.05, 4.69) is 18.0 Å². The Bertz CT molecular complexity index is 846. The van der Waals surface area contributed by atoms with Crippen molar-refractivity contribution in [3.8, 4) is 11.8 Å². The van der Waals surface area contributed by atoms with Gasteiger partial charge in [-0.15, -0.1) is 0 Å². The summed E-state index contributed by atoms with van der Waals surface area (Å²) in [5.41, 5.74) is 1.24. The number of rotatable bonds is 5. The second kappa shape index (κ2) is 8.54. The van der Waals surface area contributed by atoms with E-state index in [4.69, 9.17) is 10.00 Å². The molecular formula is C20H19N3O2S. The van der Waals surface area contributed by atoms with Crippen LogP contribution in [0.1, 0.15) is 18.9 Å². The molecule has 1 saturated heterocycles. The van der Waals surface area contributed by atoms with Gasteiger partial charge in [0.1, 0.15) is 11.8 Å². The maximum Gasteiger partial charge on any atom is 0.266 e. The maximum absolute atomic E-state index is 12.8. The molecule has 2 aromatic carbocycles. The summed E-state index contributed by atoms with van der Waals surface area (Å²) in [4.78, 5) is 19.2. The Morgan fingerprint density at radius 1 is 1.27 bits per heavy atom. The number of ether oxygens (including phenoxy) is 1. The molecule has 1 amide bonds. The number of aliphatic imine (C=N–C) groups is 1. The van der Waals surface area contributed by atoms with Gasteiger partial charge in [-0.1, -0.05) is 49.0 Å². The minimum absolute atomic E-state index is 0.102. The molecule has 1 aliphatic heterocycles. The lowest BCUT2D eigenvalue weighted by Crippen LogP contribution is -2.41. The van der Waals surface area contributed by atoms with E-state index in [0.29, 0.717) is 16.5 Å². The van der Waals surface area contributed by atoms with E-state index < -0.39 is 0 Å². The molecule has 6 heteroatoms. The van der Waals surface area contributed by atoms with Crippen LogP contribution in [0.3, 0.4) is 0 Å². The van der Waals surface area contributed by atoms with Crippen LogP contribution in [0.5, 0.6) is 5.75 Å². The molecule has 1 fully saturated rings. The Labute approximate surface area is 157 Å². The van der Waals surface area contributed by atoms with Gasteiger partial charge in [-0.2, -0.15) is 5.26 Å². The zero-order valence-corrected chi connectivity index (χ0v) is 15.3. The lowest BCUT2D eigenvalue weighted by Gasteiger charge is -2.23. The van der Waals surface area contributed by atoms with Crippen LogP contribution in [0.15, 0.2) is 59.6 Å². The van der Waals surface area contributed by atoms with Crippen molar-refractivity contribution in [1.29, 1.82) is 5.26 Å². The highest BCUT2D eigenvalue weighted by atomic mass is 32.2. The number of amides is 1. The Morgan fingerprint density at radius 3 is 2.73 bits per heavy atom. The Morgan fingerprint density at radius 2 is 2.00 bits per heavy atom. The van der Waals surface area contributed by atoms with E-state index in [1.807, 2.05) is 30.3 Å². The van der Waals surface area contributed by atoms with Crippen molar-refractivity contribution in [2.75, 3.05) is 12.4 Å².